The van der Waals surface area contributed by atoms with E-state index in [1.807, 2.05) is 0 Å². The molecule has 2 rings (SSSR count). The Morgan fingerprint density at radius 2 is 2.11 bits per heavy atom. The first-order chi connectivity index (χ1) is 8.53. The van der Waals surface area contributed by atoms with Gasteiger partial charge in [0.15, 0.2) is 5.82 Å². The zero-order valence-electron chi connectivity index (χ0n) is 9.88. The Morgan fingerprint density at radius 1 is 1.33 bits per heavy atom. The van der Waals surface area contributed by atoms with Crippen molar-refractivity contribution in [3.05, 3.63) is 36.1 Å². The molecule has 1 aromatic carbocycles. The largest absolute Gasteiger partial charge is 0.495 e. The molecule has 1 heterocycles. The second-order valence-electron chi connectivity index (χ2n) is 3.64. The van der Waals surface area contributed by atoms with Crippen LogP contribution in [0.25, 0.3) is 0 Å². The van der Waals surface area contributed by atoms with Crippen LogP contribution in [0.4, 0.5) is 5.82 Å². The fourth-order valence-electron chi connectivity index (χ4n) is 1.45. The number of anilines is 1. The first kappa shape index (κ1) is 12.4. The summed E-state index contributed by atoms with van der Waals surface area (Å²) >= 11 is 0. The third-order valence-electron chi connectivity index (χ3n) is 2.29. The Morgan fingerprint density at radius 3 is 2.72 bits per heavy atom. The van der Waals surface area contributed by atoms with Gasteiger partial charge in [-0.1, -0.05) is 11.2 Å². The lowest BCUT2D eigenvalue weighted by Gasteiger charge is -2.10. The Balaban J connectivity index is 2.43. The third-order valence-corrected chi connectivity index (χ3v) is 3.66. The zero-order valence-corrected chi connectivity index (χ0v) is 10.7. The second-order valence-corrected chi connectivity index (χ2v) is 5.30. The Hall–Kier alpha value is -2.02. The molecule has 0 unspecified atom stereocenters. The fraction of sp³-hybridized carbons (Fsp3) is 0.182. The number of nitrogens with one attached hydrogen (secondary N) is 1. The summed E-state index contributed by atoms with van der Waals surface area (Å²) in [4.78, 5) is 0.0630. The molecule has 96 valence electrons. The van der Waals surface area contributed by atoms with Crippen molar-refractivity contribution < 1.29 is 17.7 Å². The van der Waals surface area contributed by atoms with E-state index in [-0.39, 0.29) is 16.5 Å². The minimum absolute atomic E-state index is 0.0630. The van der Waals surface area contributed by atoms with E-state index in [0.29, 0.717) is 0 Å². The van der Waals surface area contributed by atoms with Crippen LogP contribution in [0.3, 0.4) is 0 Å². The molecule has 0 spiro atoms. The van der Waals surface area contributed by atoms with Gasteiger partial charge in [0.25, 0.3) is 10.0 Å². The number of hydrogen-bond donors (Lipinski definition) is 1. The monoisotopic (exact) mass is 268 g/mol. The van der Waals surface area contributed by atoms with E-state index in [9.17, 15) is 8.42 Å². The molecule has 0 aliphatic heterocycles. The molecule has 0 amide bonds. The number of aromatic nitrogens is 1. The average molecular weight is 268 g/mol. The normalized spacial score (nSPS) is 11.2. The van der Waals surface area contributed by atoms with Gasteiger partial charge in [-0.2, -0.15) is 0 Å². The molecule has 18 heavy (non-hydrogen) atoms. The van der Waals surface area contributed by atoms with Crippen LogP contribution in [0.2, 0.25) is 0 Å². The summed E-state index contributed by atoms with van der Waals surface area (Å²) in [5, 5.41) is 3.50. The number of aryl methyl sites for hydroxylation is 1. The molecule has 6 nitrogen and oxygen atoms in total. The molecule has 0 fully saturated rings. The van der Waals surface area contributed by atoms with Crippen LogP contribution in [0, 0.1) is 6.92 Å². The molecule has 0 radical (unpaired) electrons. The van der Waals surface area contributed by atoms with Crippen LogP contribution in [-0.4, -0.2) is 20.7 Å². The first-order valence-electron chi connectivity index (χ1n) is 5.11. The number of ether oxygens (including phenoxy) is 1. The molecule has 2 aromatic rings. The lowest BCUT2D eigenvalue weighted by Crippen LogP contribution is -2.14. The van der Waals surface area contributed by atoms with Crippen molar-refractivity contribution in [2.75, 3.05) is 11.8 Å². The van der Waals surface area contributed by atoms with E-state index < -0.39 is 10.0 Å². The summed E-state index contributed by atoms with van der Waals surface area (Å²) < 4.78 is 36.2. The van der Waals surface area contributed by atoms with E-state index in [1.165, 1.54) is 25.5 Å². The smallest absolute Gasteiger partial charge is 0.266 e. The molecule has 0 saturated heterocycles. The SMILES string of the molecule is COc1ccc(C)cc1S(=O)(=O)Nc1ccon1. The van der Waals surface area contributed by atoms with Gasteiger partial charge in [0.1, 0.15) is 16.9 Å². The van der Waals surface area contributed by atoms with Crippen molar-refractivity contribution in [3.63, 3.8) is 0 Å². The van der Waals surface area contributed by atoms with Gasteiger partial charge in [0, 0.05) is 6.07 Å². The standard InChI is InChI=1S/C11H12N2O4S/c1-8-3-4-9(16-2)10(7-8)18(14,15)13-11-5-6-17-12-11/h3-7H,1-2H3,(H,12,13). The summed E-state index contributed by atoms with van der Waals surface area (Å²) in [5.74, 6) is 0.398. The molecule has 0 saturated carbocycles. The Bertz CT molecular complexity index is 635. The van der Waals surface area contributed by atoms with Crippen molar-refractivity contribution in [1.29, 1.82) is 0 Å². The fourth-order valence-corrected chi connectivity index (χ4v) is 2.70. The highest BCUT2D eigenvalue weighted by atomic mass is 32.2. The van der Waals surface area contributed by atoms with Gasteiger partial charge in [0.05, 0.1) is 7.11 Å². The summed E-state index contributed by atoms with van der Waals surface area (Å²) in [6.07, 6.45) is 1.28. The van der Waals surface area contributed by atoms with Crippen LogP contribution >= 0.6 is 0 Å². The molecule has 1 N–H and O–H groups in total. The highest BCUT2D eigenvalue weighted by molar-refractivity contribution is 7.92. The van der Waals surface area contributed by atoms with Gasteiger partial charge >= 0.3 is 0 Å². The van der Waals surface area contributed by atoms with Gasteiger partial charge in [-0.3, -0.25) is 4.72 Å². The van der Waals surface area contributed by atoms with E-state index in [2.05, 4.69) is 14.4 Å². The third kappa shape index (κ3) is 2.45. The topological polar surface area (TPSA) is 81.4 Å². The summed E-state index contributed by atoms with van der Waals surface area (Å²) in [7, 11) is -2.33. The Kier molecular flexibility index (Phi) is 3.24. The van der Waals surface area contributed by atoms with E-state index >= 15 is 0 Å². The van der Waals surface area contributed by atoms with Crippen LogP contribution in [0.1, 0.15) is 5.56 Å². The first-order valence-corrected chi connectivity index (χ1v) is 6.59. The average Bonchev–Trinajstić information content (AvgIpc) is 2.81. The molecule has 7 heteroatoms. The lowest BCUT2D eigenvalue weighted by molar-refractivity contribution is 0.402. The molecule has 0 atom stereocenters. The number of hydrogen-bond acceptors (Lipinski definition) is 5. The number of sulfonamides is 1. The highest BCUT2D eigenvalue weighted by Gasteiger charge is 2.20. The minimum atomic E-state index is -3.75. The summed E-state index contributed by atoms with van der Waals surface area (Å²) in [5.41, 5.74) is 0.816. The van der Waals surface area contributed by atoms with E-state index in [4.69, 9.17) is 4.74 Å². The number of benzene rings is 1. The molecule has 0 aliphatic carbocycles. The lowest BCUT2D eigenvalue weighted by atomic mass is 10.2. The van der Waals surface area contributed by atoms with E-state index in [1.54, 1.807) is 19.1 Å². The van der Waals surface area contributed by atoms with Crippen molar-refractivity contribution >= 4 is 15.8 Å². The maximum absolute atomic E-state index is 12.2. The van der Waals surface area contributed by atoms with Crippen molar-refractivity contribution in [2.45, 2.75) is 11.8 Å². The van der Waals surface area contributed by atoms with Gasteiger partial charge in [-0.25, -0.2) is 8.42 Å². The minimum Gasteiger partial charge on any atom is -0.495 e. The van der Waals surface area contributed by atoms with Crippen molar-refractivity contribution in [3.8, 4) is 5.75 Å². The molecular weight excluding hydrogens is 256 g/mol. The van der Waals surface area contributed by atoms with Crippen LogP contribution < -0.4 is 9.46 Å². The Labute approximate surface area is 105 Å². The van der Waals surface area contributed by atoms with Gasteiger partial charge in [0.2, 0.25) is 0 Å². The van der Waals surface area contributed by atoms with Crippen LogP contribution in [0.5, 0.6) is 5.75 Å². The highest BCUT2D eigenvalue weighted by Crippen LogP contribution is 2.26. The quantitative estimate of drug-likeness (QED) is 0.914. The number of nitrogens with zero attached hydrogens (tertiary/aromatic N) is 1. The molecule has 1 aromatic heterocycles. The number of rotatable bonds is 4. The van der Waals surface area contributed by atoms with E-state index in [0.717, 1.165) is 5.56 Å². The van der Waals surface area contributed by atoms with Gasteiger partial charge < -0.3 is 9.26 Å². The molecule has 0 aliphatic rings. The summed E-state index contributed by atoms with van der Waals surface area (Å²) in [6, 6.07) is 6.32. The van der Waals surface area contributed by atoms with Gasteiger partial charge in [-0.15, -0.1) is 0 Å². The maximum atomic E-state index is 12.2. The predicted molar refractivity (Wildman–Crippen MR) is 65.0 cm³/mol. The van der Waals surface area contributed by atoms with Gasteiger partial charge in [-0.05, 0) is 24.6 Å². The summed E-state index contributed by atoms with van der Waals surface area (Å²) in [6.45, 7) is 1.80. The predicted octanol–water partition coefficient (Wildman–Crippen LogP) is 1.79. The molecule has 0 bridgehead atoms. The van der Waals surface area contributed by atoms with Crippen LogP contribution in [-0.2, 0) is 10.0 Å². The molecular formula is C11H12N2O4S. The van der Waals surface area contributed by atoms with Crippen molar-refractivity contribution in [1.82, 2.24) is 5.16 Å². The van der Waals surface area contributed by atoms with Crippen LogP contribution in [0.15, 0.2) is 39.9 Å². The number of methoxy groups -OCH3 is 1. The van der Waals surface area contributed by atoms with Crippen molar-refractivity contribution in [2.24, 2.45) is 0 Å². The zero-order chi connectivity index (χ0) is 13.2. The maximum Gasteiger partial charge on any atom is 0.266 e. The second kappa shape index (κ2) is 4.69.